The summed E-state index contributed by atoms with van der Waals surface area (Å²) in [4.78, 5) is 43.9. The fourth-order valence-corrected chi connectivity index (χ4v) is 4.88. The van der Waals surface area contributed by atoms with Crippen LogP contribution in [0.25, 0.3) is 5.65 Å². The van der Waals surface area contributed by atoms with Crippen molar-refractivity contribution in [3.8, 4) is 5.75 Å². The van der Waals surface area contributed by atoms with E-state index in [0.29, 0.717) is 53.4 Å². The molecule has 4 heterocycles. The van der Waals surface area contributed by atoms with Gasteiger partial charge in [0.1, 0.15) is 11.9 Å². The van der Waals surface area contributed by atoms with Crippen LogP contribution >= 0.6 is 0 Å². The molecule has 2 aliphatic rings. The van der Waals surface area contributed by atoms with Crippen molar-refractivity contribution in [2.75, 3.05) is 13.1 Å². The lowest BCUT2D eigenvalue weighted by Gasteiger charge is -2.38. The van der Waals surface area contributed by atoms with Crippen molar-refractivity contribution < 1.29 is 19.1 Å². The predicted molar refractivity (Wildman–Crippen MR) is 121 cm³/mol. The SMILES string of the molecule is CC(=O)c1cnc2cc(C(=O)N3CCC[C@@H]([C@H]4CC(=O)c5cc(C)ccc5O4)C3)nn2c1C. The molecule has 1 aromatic carbocycles. The van der Waals surface area contributed by atoms with Gasteiger partial charge in [-0.15, -0.1) is 0 Å². The van der Waals surface area contributed by atoms with Crippen LogP contribution in [-0.2, 0) is 0 Å². The molecular formula is C25H26N4O4. The Balaban J connectivity index is 1.35. The van der Waals surface area contributed by atoms with E-state index < -0.39 is 0 Å². The van der Waals surface area contributed by atoms with Crippen molar-refractivity contribution in [1.82, 2.24) is 19.5 Å². The van der Waals surface area contributed by atoms with Crippen LogP contribution in [0.2, 0.25) is 0 Å². The maximum atomic E-state index is 13.3. The molecule has 3 aromatic rings. The first-order valence-electron chi connectivity index (χ1n) is 11.3. The van der Waals surface area contributed by atoms with Crippen LogP contribution in [-0.4, -0.2) is 56.2 Å². The number of nitrogens with zero attached hydrogens (tertiary/aromatic N) is 4. The van der Waals surface area contributed by atoms with Gasteiger partial charge in [-0.2, -0.15) is 5.10 Å². The molecule has 33 heavy (non-hydrogen) atoms. The van der Waals surface area contributed by atoms with Crippen LogP contribution in [0.3, 0.4) is 0 Å². The molecule has 0 radical (unpaired) electrons. The molecular weight excluding hydrogens is 420 g/mol. The van der Waals surface area contributed by atoms with Gasteiger partial charge in [-0.05, 0) is 45.7 Å². The van der Waals surface area contributed by atoms with E-state index in [4.69, 9.17) is 4.74 Å². The molecule has 0 N–H and O–H groups in total. The van der Waals surface area contributed by atoms with E-state index in [1.54, 1.807) is 22.4 Å². The number of hydrogen-bond donors (Lipinski definition) is 0. The third kappa shape index (κ3) is 3.79. The van der Waals surface area contributed by atoms with Crippen molar-refractivity contribution in [2.24, 2.45) is 5.92 Å². The molecule has 8 nitrogen and oxygen atoms in total. The van der Waals surface area contributed by atoms with E-state index in [-0.39, 0.29) is 29.5 Å². The smallest absolute Gasteiger partial charge is 0.274 e. The van der Waals surface area contributed by atoms with Crippen LogP contribution in [0.5, 0.6) is 5.75 Å². The van der Waals surface area contributed by atoms with Crippen LogP contribution in [0.15, 0.2) is 30.5 Å². The van der Waals surface area contributed by atoms with Crippen LogP contribution in [0.4, 0.5) is 0 Å². The van der Waals surface area contributed by atoms with Gasteiger partial charge >= 0.3 is 0 Å². The molecule has 8 heteroatoms. The normalized spacial score (nSPS) is 20.5. The third-order valence-corrected chi connectivity index (χ3v) is 6.69. The monoisotopic (exact) mass is 446 g/mol. The Kier molecular flexibility index (Phi) is 5.23. The summed E-state index contributed by atoms with van der Waals surface area (Å²) in [5.41, 5.74) is 3.65. The Bertz CT molecular complexity index is 1300. The van der Waals surface area contributed by atoms with Gasteiger partial charge in [0.05, 0.1) is 16.8 Å². The number of likely N-dealkylation sites (tertiary alicyclic amines) is 1. The molecule has 2 atom stereocenters. The van der Waals surface area contributed by atoms with Crippen molar-refractivity contribution in [2.45, 2.75) is 46.1 Å². The zero-order valence-corrected chi connectivity index (χ0v) is 19.0. The number of benzene rings is 1. The van der Waals surface area contributed by atoms with Crippen LogP contribution < -0.4 is 4.74 Å². The zero-order chi connectivity index (χ0) is 23.3. The summed E-state index contributed by atoms with van der Waals surface area (Å²) in [6, 6.07) is 7.34. The number of aryl methyl sites for hydroxylation is 2. The molecule has 2 aromatic heterocycles. The zero-order valence-electron chi connectivity index (χ0n) is 19.0. The molecule has 2 aliphatic heterocycles. The Morgan fingerprint density at radius 3 is 2.79 bits per heavy atom. The maximum Gasteiger partial charge on any atom is 0.274 e. The van der Waals surface area contributed by atoms with E-state index in [1.807, 2.05) is 25.1 Å². The topological polar surface area (TPSA) is 93.9 Å². The quantitative estimate of drug-likeness (QED) is 0.572. The summed E-state index contributed by atoms with van der Waals surface area (Å²) in [6.07, 6.45) is 3.35. The highest BCUT2D eigenvalue weighted by Crippen LogP contribution is 2.34. The molecule has 1 amide bonds. The van der Waals surface area contributed by atoms with Crippen molar-refractivity contribution in [3.05, 3.63) is 58.5 Å². The number of amides is 1. The fourth-order valence-electron chi connectivity index (χ4n) is 4.88. The number of aromatic nitrogens is 3. The Morgan fingerprint density at radius 2 is 2.00 bits per heavy atom. The van der Waals surface area contributed by atoms with Gasteiger partial charge < -0.3 is 9.64 Å². The molecule has 0 saturated carbocycles. The van der Waals surface area contributed by atoms with Gasteiger partial charge in [-0.3, -0.25) is 14.4 Å². The van der Waals surface area contributed by atoms with Crippen LogP contribution in [0, 0.1) is 19.8 Å². The first-order valence-corrected chi connectivity index (χ1v) is 11.3. The minimum atomic E-state index is -0.244. The third-order valence-electron chi connectivity index (χ3n) is 6.69. The van der Waals surface area contributed by atoms with Gasteiger partial charge in [0.2, 0.25) is 0 Å². The molecule has 0 spiro atoms. The second-order valence-electron chi connectivity index (χ2n) is 9.05. The predicted octanol–water partition coefficient (Wildman–Crippen LogP) is 3.43. The van der Waals surface area contributed by atoms with Gasteiger partial charge in [0.15, 0.2) is 22.9 Å². The molecule has 0 aliphatic carbocycles. The summed E-state index contributed by atoms with van der Waals surface area (Å²) in [5.74, 6) is 0.530. The first kappa shape index (κ1) is 21.3. The van der Waals surface area contributed by atoms with Gasteiger partial charge in [0, 0.05) is 37.7 Å². The summed E-state index contributed by atoms with van der Waals surface area (Å²) in [5, 5.41) is 4.44. The lowest BCUT2D eigenvalue weighted by molar-refractivity contribution is 0.0405. The minimum absolute atomic E-state index is 0.0716. The van der Waals surface area contributed by atoms with E-state index in [1.165, 1.54) is 13.1 Å². The second kappa shape index (κ2) is 8.10. The summed E-state index contributed by atoms with van der Waals surface area (Å²) < 4.78 is 7.76. The van der Waals surface area contributed by atoms with E-state index in [0.717, 1.165) is 18.4 Å². The van der Waals surface area contributed by atoms with Crippen LogP contribution in [0.1, 0.15) is 68.6 Å². The van der Waals surface area contributed by atoms with Gasteiger partial charge in [-0.25, -0.2) is 9.50 Å². The Hall–Kier alpha value is -3.55. The van der Waals surface area contributed by atoms with Gasteiger partial charge in [0.25, 0.3) is 5.91 Å². The number of rotatable bonds is 3. The maximum absolute atomic E-state index is 13.3. The van der Waals surface area contributed by atoms with Crippen molar-refractivity contribution in [1.29, 1.82) is 0 Å². The van der Waals surface area contributed by atoms with E-state index in [2.05, 4.69) is 10.1 Å². The number of Topliss-reactive ketones (excluding diaryl/α,β-unsaturated/α-hetero) is 2. The summed E-state index contributed by atoms with van der Waals surface area (Å²) in [7, 11) is 0. The number of fused-ring (bicyclic) bond motifs is 2. The highest BCUT2D eigenvalue weighted by molar-refractivity contribution is 6.00. The second-order valence-corrected chi connectivity index (χ2v) is 9.05. The number of carbonyl (C=O) groups excluding carboxylic acids is 3. The average Bonchev–Trinajstić information content (AvgIpc) is 3.24. The Morgan fingerprint density at radius 1 is 1.18 bits per heavy atom. The number of ether oxygens (including phenoxy) is 1. The highest BCUT2D eigenvalue weighted by Gasteiger charge is 2.36. The Labute approximate surface area is 191 Å². The number of piperidine rings is 1. The summed E-state index contributed by atoms with van der Waals surface area (Å²) in [6.45, 7) is 6.38. The van der Waals surface area contributed by atoms with E-state index in [9.17, 15) is 14.4 Å². The molecule has 1 fully saturated rings. The largest absolute Gasteiger partial charge is 0.489 e. The highest BCUT2D eigenvalue weighted by atomic mass is 16.5. The minimum Gasteiger partial charge on any atom is -0.489 e. The lowest BCUT2D eigenvalue weighted by atomic mass is 9.86. The molecule has 1 saturated heterocycles. The average molecular weight is 447 g/mol. The lowest BCUT2D eigenvalue weighted by Crippen LogP contribution is -2.46. The standard InChI is InChI=1S/C25H26N4O4/c1-14-6-7-22-18(9-14)21(31)11-23(33-22)17-5-4-8-28(13-17)25(32)20-10-24-26-12-19(16(3)30)15(2)29(24)27-20/h6-7,9-10,12,17,23H,4-5,8,11,13H2,1-3H3/t17-,23-/m1/s1. The fraction of sp³-hybridized carbons (Fsp3) is 0.400. The van der Waals surface area contributed by atoms with Crippen molar-refractivity contribution >= 4 is 23.1 Å². The van der Waals surface area contributed by atoms with Gasteiger partial charge in [-0.1, -0.05) is 11.6 Å². The molecule has 5 rings (SSSR count). The number of ketones is 2. The summed E-state index contributed by atoms with van der Waals surface area (Å²) >= 11 is 0. The molecule has 0 bridgehead atoms. The molecule has 170 valence electrons. The van der Waals surface area contributed by atoms with Crippen molar-refractivity contribution in [3.63, 3.8) is 0 Å². The molecule has 0 unspecified atom stereocenters. The number of carbonyl (C=O) groups is 3. The van der Waals surface area contributed by atoms with E-state index >= 15 is 0 Å². The number of hydrogen-bond acceptors (Lipinski definition) is 6. The first-order chi connectivity index (χ1) is 15.8.